The Morgan fingerprint density at radius 3 is 2.36 bits per heavy atom. The molecular weight excluding hydrogens is 276 g/mol. The van der Waals surface area contributed by atoms with E-state index in [1.54, 1.807) is 17.0 Å². The van der Waals surface area contributed by atoms with Gasteiger partial charge in [-0.3, -0.25) is 9.13 Å². The van der Waals surface area contributed by atoms with Crippen molar-refractivity contribution in [3.63, 3.8) is 0 Å². The van der Waals surface area contributed by atoms with Crippen LogP contribution in [0, 0.1) is 5.41 Å². The van der Waals surface area contributed by atoms with Gasteiger partial charge in [-0.15, -0.1) is 0 Å². The molecule has 0 saturated carbocycles. The lowest BCUT2D eigenvalue weighted by Crippen LogP contribution is -2.27. The average Bonchev–Trinajstić information content (AvgIpc) is 2.71. The number of fused-ring (bicyclic) bond motifs is 1. The highest BCUT2D eigenvalue weighted by Gasteiger charge is 2.17. The van der Waals surface area contributed by atoms with Crippen LogP contribution in [0.4, 0.5) is 0 Å². The molecular formula is C17H20N4O. The highest BCUT2D eigenvalue weighted by Crippen LogP contribution is 2.24. The van der Waals surface area contributed by atoms with Crippen LogP contribution in [0.5, 0.6) is 0 Å². The molecule has 5 nitrogen and oxygen atoms in total. The van der Waals surface area contributed by atoms with E-state index >= 15 is 0 Å². The quantitative estimate of drug-likeness (QED) is 0.730. The molecule has 3 rings (SSSR count). The minimum Gasteiger partial charge on any atom is -0.295 e. The second-order valence-corrected chi connectivity index (χ2v) is 6.82. The van der Waals surface area contributed by atoms with Crippen LogP contribution in [0.15, 0.2) is 41.7 Å². The van der Waals surface area contributed by atoms with Crippen molar-refractivity contribution in [2.24, 2.45) is 12.5 Å². The van der Waals surface area contributed by atoms with Crippen LogP contribution >= 0.6 is 0 Å². The molecule has 0 fully saturated rings. The van der Waals surface area contributed by atoms with E-state index in [0.29, 0.717) is 6.54 Å². The molecule has 114 valence electrons. The van der Waals surface area contributed by atoms with Crippen molar-refractivity contribution in [2.45, 2.75) is 27.3 Å². The molecule has 0 saturated heterocycles. The van der Waals surface area contributed by atoms with Crippen LogP contribution in [0.1, 0.15) is 20.8 Å². The Hall–Kier alpha value is -2.43. The third kappa shape index (κ3) is 2.54. The first-order valence-corrected chi connectivity index (χ1v) is 7.31. The Morgan fingerprint density at radius 1 is 1.05 bits per heavy atom. The summed E-state index contributed by atoms with van der Waals surface area (Å²) in [5, 5.41) is 0. The number of aromatic nitrogens is 4. The van der Waals surface area contributed by atoms with Gasteiger partial charge >= 0.3 is 5.69 Å². The van der Waals surface area contributed by atoms with Gasteiger partial charge in [0.2, 0.25) is 0 Å². The summed E-state index contributed by atoms with van der Waals surface area (Å²) in [7, 11) is 1.81. The van der Waals surface area contributed by atoms with E-state index in [1.165, 1.54) is 6.33 Å². The van der Waals surface area contributed by atoms with Crippen molar-refractivity contribution >= 4 is 11.0 Å². The fraction of sp³-hybridized carbons (Fsp3) is 0.353. The summed E-state index contributed by atoms with van der Waals surface area (Å²) >= 11 is 0. The molecule has 0 radical (unpaired) electrons. The maximum Gasteiger partial charge on any atom is 0.328 e. The highest BCUT2D eigenvalue weighted by atomic mass is 16.1. The Morgan fingerprint density at radius 2 is 1.73 bits per heavy atom. The maximum absolute atomic E-state index is 12.5. The van der Waals surface area contributed by atoms with Crippen LogP contribution in [0.3, 0.4) is 0 Å². The van der Waals surface area contributed by atoms with Gasteiger partial charge in [0, 0.05) is 31.5 Å². The molecule has 0 unspecified atom stereocenters. The molecule has 2 heterocycles. The first-order chi connectivity index (χ1) is 10.4. The highest BCUT2D eigenvalue weighted by molar-refractivity contribution is 5.82. The summed E-state index contributed by atoms with van der Waals surface area (Å²) in [4.78, 5) is 20.6. The molecule has 3 aromatic rings. The maximum atomic E-state index is 12.5. The zero-order valence-corrected chi connectivity index (χ0v) is 13.4. The van der Waals surface area contributed by atoms with E-state index in [2.05, 4.69) is 30.7 Å². The Labute approximate surface area is 129 Å². The van der Waals surface area contributed by atoms with Gasteiger partial charge in [0.1, 0.15) is 6.33 Å². The summed E-state index contributed by atoms with van der Waals surface area (Å²) in [6.07, 6.45) is 5.06. The SMILES string of the molecule is Cn1c(=O)n(CC(C)(C)C)c2ccc(-c3cncnc3)cc21. The number of benzene rings is 1. The van der Waals surface area contributed by atoms with E-state index in [-0.39, 0.29) is 11.1 Å². The van der Waals surface area contributed by atoms with Crippen LogP contribution < -0.4 is 5.69 Å². The fourth-order valence-electron chi connectivity index (χ4n) is 2.66. The number of hydrogen-bond donors (Lipinski definition) is 0. The van der Waals surface area contributed by atoms with Gasteiger partial charge in [-0.2, -0.15) is 0 Å². The molecule has 5 heteroatoms. The zero-order chi connectivity index (χ0) is 15.9. The van der Waals surface area contributed by atoms with Gasteiger partial charge in [0.25, 0.3) is 0 Å². The van der Waals surface area contributed by atoms with Crippen molar-refractivity contribution in [1.82, 2.24) is 19.1 Å². The van der Waals surface area contributed by atoms with Gasteiger partial charge in [-0.1, -0.05) is 26.8 Å². The summed E-state index contributed by atoms with van der Waals surface area (Å²) in [5.41, 5.74) is 3.91. The Kier molecular flexibility index (Phi) is 3.35. The van der Waals surface area contributed by atoms with E-state index in [9.17, 15) is 4.79 Å². The number of nitrogens with zero attached hydrogens (tertiary/aromatic N) is 4. The molecule has 0 amide bonds. The predicted octanol–water partition coefficient (Wildman–Crippen LogP) is 2.84. The van der Waals surface area contributed by atoms with E-state index < -0.39 is 0 Å². The molecule has 0 bridgehead atoms. The van der Waals surface area contributed by atoms with E-state index in [1.807, 2.05) is 29.8 Å². The van der Waals surface area contributed by atoms with Gasteiger partial charge in [0.15, 0.2) is 0 Å². The molecule has 0 spiro atoms. The van der Waals surface area contributed by atoms with Crippen molar-refractivity contribution in [1.29, 1.82) is 0 Å². The lowest BCUT2D eigenvalue weighted by atomic mass is 9.97. The molecule has 1 aromatic carbocycles. The number of hydrogen-bond acceptors (Lipinski definition) is 3. The molecule has 0 aliphatic heterocycles. The smallest absolute Gasteiger partial charge is 0.295 e. The van der Waals surface area contributed by atoms with E-state index in [4.69, 9.17) is 0 Å². The summed E-state index contributed by atoms with van der Waals surface area (Å²) < 4.78 is 3.55. The van der Waals surface area contributed by atoms with Gasteiger partial charge < -0.3 is 0 Å². The van der Waals surface area contributed by atoms with Crippen molar-refractivity contribution in [3.05, 3.63) is 47.4 Å². The number of aryl methyl sites for hydroxylation is 1. The predicted molar refractivity (Wildman–Crippen MR) is 87.7 cm³/mol. The van der Waals surface area contributed by atoms with Crippen LogP contribution in [0.25, 0.3) is 22.2 Å². The lowest BCUT2D eigenvalue weighted by molar-refractivity contribution is 0.342. The molecule has 0 aliphatic carbocycles. The van der Waals surface area contributed by atoms with Crippen LogP contribution in [-0.2, 0) is 13.6 Å². The Bertz CT molecular complexity index is 869. The van der Waals surface area contributed by atoms with Crippen LogP contribution in [-0.4, -0.2) is 19.1 Å². The largest absolute Gasteiger partial charge is 0.328 e. The lowest BCUT2D eigenvalue weighted by Gasteiger charge is -2.18. The van der Waals surface area contributed by atoms with E-state index in [0.717, 1.165) is 22.2 Å². The molecule has 2 aromatic heterocycles. The van der Waals surface area contributed by atoms with Crippen molar-refractivity contribution in [3.8, 4) is 11.1 Å². The first kappa shape index (κ1) is 14.5. The molecule has 0 atom stereocenters. The third-order valence-electron chi connectivity index (χ3n) is 3.67. The number of rotatable bonds is 2. The summed E-state index contributed by atoms with van der Waals surface area (Å²) in [6, 6.07) is 6.04. The third-order valence-corrected chi connectivity index (χ3v) is 3.67. The van der Waals surface area contributed by atoms with Gasteiger partial charge in [-0.25, -0.2) is 14.8 Å². The number of imidazole rings is 1. The van der Waals surface area contributed by atoms with Crippen molar-refractivity contribution < 1.29 is 0 Å². The second-order valence-electron chi connectivity index (χ2n) is 6.82. The fourth-order valence-corrected chi connectivity index (χ4v) is 2.66. The summed E-state index contributed by atoms with van der Waals surface area (Å²) in [5.74, 6) is 0. The zero-order valence-electron chi connectivity index (χ0n) is 13.4. The standard InChI is InChI=1S/C17H20N4O/c1-17(2,3)10-21-14-6-5-12(13-8-18-11-19-9-13)7-15(14)20(4)16(21)22/h5-9,11H,10H2,1-4H3. The topological polar surface area (TPSA) is 52.7 Å². The molecule has 0 N–H and O–H groups in total. The normalized spacial score (nSPS) is 12.0. The van der Waals surface area contributed by atoms with Crippen LogP contribution in [0.2, 0.25) is 0 Å². The summed E-state index contributed by atoms with van der Waals surface area (Å²) in [6.45, 7) is 7.09. The molecule has 0 aliphatic rings. The van der Waals surface area contributed by atoms with Gasteiger partial charge in [0.05, 0.1) is 11.0 Å². The first-order valence-electron chi connectivity index (χ1n) is 7.31. The van der Waals surface area contributed by atoms with Gasteiger partial charge in [-0.05, 0) is 23.1 Å². The molecule has 22 heavy (non-hydrogen) atoms. The minimum absolute atomic E-state index is 0.0198. The van der Waals surface area contributed by atoms with Crippen molar-refractivity contribution in [2.75, 3.05) is 0 Å². The monoisotopic (exact) mass is 296 g/mol. The average molecular weight is 296 g/mol. The second kappa shape index (κ2) is 5.09. The Balaban J connectivity index is 2.19. The minimum atomic E-state index is 0.0198.